The van der Waals surface area contributed by atoms with Crippen molar-refractivity contribution in [1.82, 2.24) is 15.5 Å². The molecule has 2 aliphatic heterocycles. The van der Waals surface area contributed by atoms with E-state index in [4.69, 9.17) is 4.74 Å². The maximum Gasteiger partial charge on any atom is 0.289 e. The smallest absolute Gasteiger partial charge is 0.289 e. The zero-order valence-electron chi connectivity index (χ0n) is 15.5. The lowest BCUT2D eigenvalue weighted by atomic mass is 9.79. The molecule has 146 valence electrons. The van der Waals surface area contributed by atoms with Gasteiger partial charge in [0.1, 0.15) is 0 Å². The van der Waals surface area contributed by atoms with Crippen LogP contribution in [0.1, 0.15) is 28.8 Å². The van der Waals surface area contributed by atoms with Crippen molar-refractivity contribution in [2.45, 2.75) is 19.4 Å². The number of thioether (sulfide) groups is 1. The van der Waals surface area contributed by atoms with Crippen LogP contribution >= 0.6 is 11.8 Å². The number of hydrogen-bond donors (Lipinski definition) is 2. The van der Waals surface area contributed by atoms with Gasteiger partial charge in [0.05, 0.1) is 18.9 Å². The molecule has 3 amide bonds. The molecule has 1 aromatic rings. The number of imide groups is 1. The summed E-state index contributed by atoms with van der Waals surface area (Å²) < 4.78 is 5.39. The quantitative estimate of drug-likeness (QED) is 0.735. The lowest BCUT2D eigenvalue weighted by molar-refractivity contribution is -0.125. The monoisotopic (exact) mass is 391 g/mol. The number of hydrogen-bond acceptors (Lipinski definition) is 6. The van der Waals surface area contributed by atoms with Crippen LogP contribution in [0.15, 0.2) is 24.3 Å². The summed E-state index contributed by atoms with van der Waals surface area (Å²) >= 11 is 1.01. The van der Waals surface area contributed by atoms with Gasteiger partial charge in [-0.2, -0.15) is 0 Å². The summed E-state index contributed by atoms with van der Waals surface area (Å²) in [4.78, 5) is 37.4. The molecule has 0 aromatic heterocycles. The van der Waals surface area contributed by atoms with Gasteiger partial charge in [-0.25, -0.2) is 0 Å². The van der Waals surface area contributed by atoms with Crippen molar-refractivity contribution in [2.75, 3.05) is 39.1 Å². The molecule has 3 rings (SSSR count). The van der Waals surface area contributed by atoms with E-state index in [9.17, 15) is 14.4 Å². The molecule has 7 nitrogen and oxygen atoms in total. The van der Waals surface area contributed by atoms with E-state index in [1.54, 1.807) is 25.3 Å². The van der Waals surface area contributed by atoms with Gasteiger partial charge in [0.2, 0.25) is 5.91 Å². The van der Waals surface area contributed by atoms with Gasteiger partial charge in [-0.05, 0) is 43.6 Å². The molecule has 2 saturated heterocycles. The second kappa shape index (κ2) is 8.86. The van der Waals surface area contributed by atoms with Crippen LogP contribution in [0.2, 0.25) is 0 Å². The van der Waals surface area contributed by atoms with Crippen LogP contribution in [0.3, 0.4) is 0 Å². The molecule has 0 radical (unpaired) electrons. The highest BCUT2D eigenvalue weighted by atomic mass is 32.2. The lowest BCUT2D eigenvalue weighted by Gasteiger charge is -2.37. The third-order valence-corrected chi connectivity index (χ3v) is 5.97. The number of nitrogens with one attached hydrogen (secondary N) is 2. The van der Waals surface area contributed by atoms with Gasteiger partial charge in [-0.1, -0.05) is 23.9 Å². The Morgan fingerprint density at radius 1 is 1.33 bits per heavy atom. The number of ether oxygens (including phenoxy) is 1. The fourth-order valence-electron chi connectivity index (χ4n) is 3.53. The first kappa shape index (κ1) is 19.9. The Kier molecular flexibility index (Phi) is 6.51. The average Bonchev–Trinajstić information content (AvgIpc) is 2.99. The van der Waals surface area contributed by atoms with Gasteiger partial charge in [0.15, 0.2) is 0 Å². The number of amides is 3. The van der Waals surface area contributed by atoms with Crippen molar-refractivity contribution in [1.29, 1.82) is 0 Å². The van der Waals surface area contributed by atoms with Crippen LogP contribution in [0.25, 0.3) is 0 Å². The molecular formula is C19H25N3O4S. The SMILES string of the molecule is COCC1(CNC(=O)c2cccc(CN3C(=O)CSC3=O)c2)CCNCC1. The van der Waals surface area contributed by atoms with Crippen molar-refractivity contribution in [3.63, 3.8) is 0 Å². The minimum Gasteiger partial charge on any atom is -0.384 e. The topological polar surface area (TPSA) is 87.7 Å². The number of carbonyl (C=O) groups is 3. The minimum absolute atomic E-state index is 0.0428. The van der Waals surface area contributed by atoms with E-state index in [-0.39, 0.29) is 34.8 Å². The van der Waals surface area contributed by atoms with Gasteiger partial charge in [0.25, 0.3) is 11.1 Å². The van der Waals surface area contributed by atoms with E-state index in [0.717, 1.165) is 43.3 Å². The van der Waals surface area contributed by atoms with Crippen LogP contribution in [0, 0.1) is 5.41 Å². The van der Waals surface area contributed by atoms with E-state index in [0.29, 0.717) is 18.7 Å². The second-order valence-electron chi connectivity index (χ2n) is 7.10. The molecule has 0 spiro atoms. The summed E-state index contributed by atoms with van der Waals surface area (Å²) in [6.45, 7) is 3.22. The lowest BCUT2D eigenvalue weighted by Crippen LogP contribution is -2.47. The third kappa shape index (κ3) is 4.88. The Bertz CT molecular complexity index is 697. The molecule has 0 unspecified atom stereocenters. The molecule has 2 heterocycles. The second-order valence-corrected chi connectivity index (χ2v) is 8.03. The van der Waals surface area contributed by atoms with Gasteiger partial charge in [-0.3, -0.25) is 19.3 Å². The first-order chi connectivity index (χ1) is 13.0. The molecule has 0 aliphatic carbocycles. The molecule has 0 saturated carbocycles. The molecule has 0 atom stereocenters. The molecule has 1 aromatic carbocycles. The standard InChI is InChI=1S/C19H25N3O4S/c1-26-13-19(5-7-20-8-6-19)12-21-17(24)15-4-2-3-14(9-15)10-22-16(23)11-27-18(22)25/h2-4,9,20H,5-8,10-13H2,1H3,(H,21,24). The Morgan fingerprint density at radius 2 is 2.11 bits per heavy atom. The molecule has 27 heavy (non-hydrogen) atoms. The summed E-state index contributed by atoms with van der Waals surface area (Å²) in [6.07, 6.45) is 1.91. The zero-order valence-corrected chi connectivity index (χ0v) is 16.3. The molecule has 2 fully saturated rings. The number of benzene rings is 1. The summed E-state index contributed by atoms with van der Waals surface area (Å²) in [7, 11) is 1.69. The predicted octanol–water partition coefficient (Wildman–Crippen LogP) is 1.63. The first-order valence-electron chi connectivity index (χ1n) is 9.07. The van der Waals surface area contributed by atoms with E-state index >= 15 is 0 Å². The molecular weight excluding hydrogens is 366 g/mol. The number of carbonyl (C=O) groups excluding carboxylic acids is 3. The number of rotatable bonds is 7. The third-order valence-electron chi connectivity index (χ3n) is 5.11. The van der Waals surface area contributed by atoms with Gasteiger partial charge < -0.3 is 15.4 Å². The molecule has 2 aliphatic rings. The van der Waals surface area contributed by atoms with Crippen LogP contribution in [-0.4, -0.2) is 61.1 Å². The summed E-state index contributed by atoms with van der Waals surface area (Å²) in [5, 5.41) is 6.14. The summed E-state index contributed by atoms with van der Waals surface area (Å²) in [5.74, 6) is -0.151. The highest BCUT2D eigenvalue weighted by molar-refractivity contribution is 8.14. The minimum atomic E-state index is -0.234. The van der Waals surface area contributed by atoms with E-state index in [2.05, 4.69) is 10.6 Å². The highest BCUT2D eigenvalue weighted by Gasteiger charge is 2.33. The Balaban J connectivity index is 1.63. The van der Waals surface area contributed by atoms with Crippen molar-refractivity contribution in [2.24, 2.45) is 5.41 Å². The fourth-order valence-corrected chi connectivity index (χ4v) is 4.26. The van der Waals surface area contributed by atoms with Crippen molar-refractivity contribution < 1.29 is 19.1 Å². The Hall–Kier alpha value is -1.90. The highest BCUT2D eigenvalue weighted by Crippen LogP contribution is 2.28. The first-order valence-corrected chi connectivity index (χ1v) is 10.1. The Labute approximate surface area is 163 Å². The van der Waals surface area contributed by atoms with Crippen LogP contribution in [0.4, 0.5) is 4.79 Å². The van der Waals surface area contributed by atoms with Crippen molar-refractivity contribution >= 4 is 28.8 Å². The van der Waals surface area contributed by atoms with Crippen LogP contribution in [-0.2, 0) is 16.1 Å². The normalized spacial score (nSPS) is 19.4. The molecule has 2 N–H and O–H groups in total. The summed E-state index contributed by atoms with van der Waals surface area (Å²) in [5.41, 5.74) is 1.25. The predicted molar refractivity (Wildman–Crippen MR) is 104 cm³/mol. The zero-order chi connectivity index (χ0) is 19.3. The van der Waals surface area contributed by atoms with Crippen molar-refractivity contribution in [3.8, 4) is 0 Å². The van der Waals surface area contributed by atoms with Gasteiger partial charge in [-0.15, -0.1) is 0 Å². The maximum atomic E-state index is 12.6. The maximum absolute atomic E-state index is 12.6. The van der Waals surface area contributed by atoms with E-state index < -0.39 is 0 Å². The Morgan fingerprint density at radius 3 is 2.78 bits per heavy atom. The number of methoxy groups -OCH3 is 1. The average molecular weight is 391 g/mol. The molecule has 0 bridgehead atoms. The largest absolute Gasteiger partial charge is 0.384 e. The fraction of sp³-hybridized carbons (Fsp3) is 0.526. The van der Waals surface area contributed by atoms with Crippen LogP contribution < -0.4 is 10.6 Å². The number of nitrogens with zero attached hydrogens (tertiary/aromatic N) is 1. The van der Waals surface area contributed by atoms with E-state index in [1.165, 1.54) is 4.90 Å². The van der Waals surface area contributed by atoms with E-state index in [1.807, 2.05) is 6.07 Å². The van der Waals surface area contributed by atoms with Gasteiger partial charge >= 0.3 is 0 Å². The number of piperidine rings is 1. The van der Waals surface area contributed by atoms with Crippen molar-refractivity contribution in [3.05, 3.63) is 35.4 Å². The molecule has 8 heteroatoms. The van der Waals surface area contributed by atoms with Crippen LogP contribution in [0.5, 0.6) is 0 Å². The van der Waals surface area contributed by atoms with Gasteiger partial charge in [0, 0.05) is 24.6 Å². The summed E-state index contributed by atoms with van der Waals surface area (Å²) in [6, 6.07) is 7.08.